The summed E-state index contributed by atoms with van der Waals surface area (Å²) in [5.74, 6) is 1.27. The van der Waals surface area contributed by atoms with E-state index in [0.29, 0.717) is 22.4 Å². The number of carbonyl (C=O) groups is 1. The average molecular weight is 439 g/mol. The third-order valence-corrected chi connectivity index (χ3v) is 8.40. The second kappa shape index (κ2) is 10.1. The van der Waals surface area contributed by atoms with Gasteiger partial charge in [0, 0.05) is 34.8 Å². The lowest BCUT2D eigenvalue weighted by Crippen LogP contribution is -2.29. The molecule has 0 aliphatic heterocycles. The molecular weight excluding hydrogens is 411 g/mol. The van der Waals surface area contributed by atoms with Crippen LogP contribution in [0.25, 0.3) is 0 Å². The van der Waals surface area contributed by atoms with Gasteiger partial charge in [-0.3, -0.25) is 4.79 Å². The predicted molar refractivity (Wildman–Crippen MR) is 122 cm³/mol. The van der Waals surface area contributed by atoms with Gasteiger partial charge in [0.05, 0.1) is 12.2 Å². The molecule has 0 amide bonds. The SMILES string of the molecule is Cc1cc(CSCC(O)C(O)CS)cc(C)c1C(=O)P(C)(=O)c1ccccc1. The molecule has 7 heteroatoms. The van der Waals surface area contributed by atoms with E-state index >= 15 is 0 Å². The fourth-order valence-corrected chi connectivity index (χ4v) is 6.03. The molecule has 3 unspecified atom stereocenters. The summed E-state index contributed by atoms with van der Waals surface area (Å²) in [6.07, 6.45) is -1.65. The molecule has 0 saturated heterocycles. The third-order valence-electron chi connectivity index (χ3n) is 4.63. The van der Waals surface area contributed by atoms with Crippen molar-refractivity contribution in [3.8, 4) is 0 Å². The van der Waals surface area contributed by atoms with E-state index < -0.39 is 19.3 Å². The quantitative estimate of drug-likeness (QED) is 0.412. The molecule has 0 aliphatic carbocycles. The number of carbonyl (C=O) groups excluding carboxylic acids is 1. The van der Waals surface area contributed by atoms with Crippen LogP contribution in [0.2, 0.25) is 0 Å². The Hall–Kier alpha value is -1.04. The lowest BCUT2D eigenvalue weighted by molar-refractivity contribution is 0.0502. The molecule has 0 spiro atoms. The van der Waals surface area contributed by atoms with Crippen LogP contribution in [0.1, 0.15) is 27.0 Å². The minimum Gasteiger partial charge on any atom is -0.390 e. The van der Waals surface area contributed by atoms with Crippen LogP contribution in [0, 0.1) is 13.8 Å². The van der Waals surface area contributed by atoms with Gasteiger partial charge in [-0.1, -0.05) is 42.5 Å². The maximum Gasteiger partial charge on any atom is 0.225 e. The first kappa shape index (κ1) is 23.2. The molecule has 0 radical (unpaired) electrons. The first-order valence-corrected chi connectivity index (χ1v) is 13.0. The Morgan fingerprint density at radius 2 is 1.68 bits per heavy atom. The van der Waals surface area contributed by atoms with Gasteiger partial charge in [-0.25, -0.2) is 0 Å². The predicted octanol–water partition coefficient (Wildman–Crippen LogP) is 3.65. The van der Waals surface area contributed by atoms with E-state index in [4.69, 9.17) is 0 Å². The van der Waals surface area contributed by atoms with E-state index in [1.165, 1.54) is 18.4 Å². The topological polar surface area (TPSA) is 74.6 Å². The van der Waals surface area contributed by atoms with Crippen molar-refractivity contribution in [1.29, 1.82) is 0 Å². The molecule has 3 atom stereocenters. The minimum atomic E-state index is -3.19. The molecule has 152 valence electrons. The lowest BCUT2D eigenvalue weighted by atomic mass is 10.0. The Kier molecular flexibility index (Phi) is 8.41. The molecule has 2 aromatic carbocycles. The zero-order valence-corrected chi connectivity index (χ0v) is 18.9. The zero-order valence-electron chi connectivity index (χ0n) is 16.3. The molecule has 0 fully saturated rings. The van der Waals surface area contributed by atoms with Crippen LogP contribution in [0.4, 0.5) is 0 Å². The summed E-state index contributed by atoms with van der Waals surface area (Å²) in [5, 5.41) is 20.0. The Morgan fingerprint density at radius 1 is 1.11 bits per heavy atom. The molecule has 2 rings (SSSR count). The number of thioether (sulfide) groups is 1. The van der Waals surface area contributed by atoms with Gasteiger partial charge < -0.3 is 14.8 Å². The monoisotopic (exact) mass is 438 g/mol. The van der Waals surface area contributed by atoms with Gasteiger partial charge in [0.1, 0.15) is 0 Å². The van der Waals surface area contributed by atoms with Gasteiger partial charge in [0.15, 0.2) is 7.14 Å². The highest BCUT2D eigenvalue weighted by molar-refractivity contribution is 7.98. The highest BCUT2D eigenvalue weighted by Crippen LogP contribution is 2.45. The van der Waals surface area contributed by atoms with Gasteiger partial charge in [0.2, 0.25) is 5.52 Å². The summed E-state index contributed by atoms with van der Waals surface area (Å²) in [4.78, 5) is 13.1. The second-order valence-electron chi connectivity index (χ2n) is 7.00. The number of thiol groups is 1. The number of aryl methyl sites for hydroxylation is 2. The Balaban J connectivity index is 2.17. The number of benzene rings is 2. The molecule has 0 saturated carbocycles. The highest BCUT2D eigenvalue weighted by Gasteiger charge is 2.31. The first-order valence-electron chi connectivity index (χ1n) is 9.01. The summed E-state index contributed by atoms with van der Waals surface area (Å²) in [6, 6.07) is 12.7. The largest absolute Gasteiger partial charge is 0.390 e. The van der Waals surface area contributed by atoms with Crippen LogP contribution in [0.3, 0.4) is 0 Å². The fraction of sp³-hybridized carbons (Fsp3) is 0.381. The summed E-state index contributed by atoms with van der Waals surface area (Å²) in [7, 11) is -3.19. The molecule has 0 heterocycles. The van der Waals surface area contributed by atoms with Crippen molar-refractivity contribution in [3.05, 3.63) is 64.7 Å². The maximum absolute atomic E-state index is 13.2. The maximum atomic E-state index is 13.2. The molecular formula is C21H27O4PS2. The van der Waals surface area contributed by atoms with Crippen molar-refractivity contribution < 1.29 is 19.6 Å². The third kappa shape index (κ3) is 5.52. The summed E-state index contributed by atoms with van der Waals surface area (Å²) >= 11 is 5.49. The Bertz CT molecular complexity index is 847. The van der Waals surface area contributed by atoms with Gasteiger partial charge in [-0.2, -0.15) is 24.4 Å². The van der Waals surface area contributed by atoms with Gasteiger partial charge >= 0.3 is 0 Å². The average Bonchev–Trinajstić information content (AvgIpc) is 2.67. The Morgan fingerprint density at radius 3 is 2.21 bits per heavy atom. The fourth-order valence-electron chi connectivity index (χ4n) is 3.05. The van der Waals surface area contributed by atoms with Crippen LogP contribution in [0.15, 0.2) is 42.5 Å². The normalized spacial score (nSPS) is 15.6. The second-order valence-corrected chi connectivity index (χ2v) is 11.2. The van der Waals surface area contributed by atoms with E-state index in [0.717, 1.165) is 16.7 Å². The smallest absolute Gasteiger partial charge is 0.225 e. The number of rotatable bonds is 9. The van der Waals surface area contributed by atoms with Crippen LogP contribution >= 0.6 is 31.5 Å². The molecule has 0 aromatic heterocycles. The minimum absolute atomic E-state index is 0.217. The summed E-state index contributed by atoms with van der Waals surface area (Å²) < 4.78 is 13.2. The van der Waals surface area contributed by atoms with Crippen LogP contribution in [-0.4, -0.2) is 46.1 Å². The van der Waals surface area contributed by atoms with Crippen LogP contribution in [0.5, 0.6) is 0 Å². The number of hydrogen-bond donors (Lipinski definition) is 3. The van der Waals surface area contributed by atoms with Crippen molar-refractivity contribution in [2.75, 3.05) is 18.2 Å². The molecule has 4 nitrogen and oxygen atoms in total. The number of aliphatic hydroxyl groups is 2. The molecule has 0 aliphatic rings. The number of hydrogen-bond acceptors (Lipinski definition) is 6. The van der Waals surface area contributed by atoms with Crippen molar-refractivity contribution in [2.45, 2.75) is 31.8 Å². The van der Waals surface area contributed by atoms with Crippen molar-refractivity contribution in [3.63, 3.8) is 0 Å². The van der Waals surface area contributed by atoms with Gasteiger partial charge in [-0.15, -0.1) is 0 Å². The molecule has 2 N–H and O–H groups in total. The zero-order chi connectivity index (χ0) is 20.9. The van der Waals surface area contributed by atoms with Crippen LogP contribution in [-0.2, 0) is 10.3 Å². The van der Waals surface area contributed by atoms with E-state index in [-0.39, 0.29) is 11.3 Å². The molecule has 2 aromatic rings. The lowest BCUT2D eigenvalue weighted by Gasteiger charge is -2.18. The van der Waals surface area contributed by atoms with E-state index in [1.54, 1.807) is 24.3 Å². The van der Waals surface area contributed by atoms with E-state index in [1.807, 2.05) is 32.0 Å². The summed E-state index contributed by atoms with van der Waals surface area (Å²) in [5.41, 5.74) is 2.83. The van der Waals surface area contributed by atoms with Gasteiger partial charge in [-0.05, 0) is 30.5 Å². The molecule has 28 heavy (non-hydrogen) atoms. The first-order chi connectivity index (χ1) is 13.2. The standard InChI is InChI=1S/C21H27O4PS2/c1-14-9-16(12-28-13-19(23)18(22)11-27)10-15(2)20(14)21(24)26(3,25)17-7-5-4-6-8-17/h4-10,18-19,22-23,27H,11-13H2,1-3H3. The summed E-state index contributed by atoms with van der Waals surface area (Å²) in [6.45, 7) is 5.25. The van der Waals surface area contributed by atoms with E-state index in [9.17, 15) is 19.6 Å². The molecule has 0 bridgehead atoms. The van der Waals surface area contributed by atoms with Gasteiger partial charge in [0.25, 0.3) is 0 Å². The van der Waals surface area contributed by atoms with Crippen molar-refractivity contribution >= 4 is 42.4 Å². The van der Waals surface area contributed by atoms with Crippen molar-refractivity contribution in [2.24, 2.45) is 0 Å². The Labute approximate surface area is 176 Å². The van der Waals surface area contributed by atoms with E-state index in [2.05, 4.69) is 12.6 Å². The highest BCUT2D eigenvalue weighted by atomic mass is 32.2. The van der Waals surface area contributed by atoms with Crippen LogP contribution < -0.4 is 5.30 Å². The van der Waals surface area contributed by atoms with Crippen molar-refractivity contribution in [1.82, 2.24) is 0 Å². The number of aliphatic hydroxyl groups excluding tert-OH is 2.